The number of nitrogens with one attached hydrogen (secondary N) is 1. The van der Waals surface area contributed by atoms with Crippen molar-refractivity contribution in [3.63, 3.8) is 0 Å². The molecule has 22 heavy (non-hydrogen) atoms. The molecule has 0 saturated heterocycles. The minimum absolute atomic E-state index is 0.0732. The third kappa shape index (κ3) is 4.73. The van der Waals surface area contributed by atoms with Gasteiger partial charge in [-0.15, -0.1) is 0 Å². The Kier molecular flexibility index (Phi) is 6.20. The SMILES string of the molecule is CCCCCC(=O)NC(c1ccccc1)c1ccc(C)cc1. The number of carbonyl (C=O) groups excluding carboxylic acids is 1. The summed E-state index contributed by atoms with van der Waals surface area (Å²) in [6.07, 6.45) is 3.79. The van der Waals surface area contributed by atoms with Crippen LogP contribution in [0, 0.1) is 6.92 Å². The smallest absolute Gasteiger partial charge is 0.220 e. The molecule has 2 aromatic rings. The average molecular weight is 295 g/mol. The zero-order valence-electron chi connectivity index (χ0n) is 13.5. The van der Waals surface area contributed by atoms with E-state index < -0.39 is 0 Å². The van der Waals surface area contributed by atoms with Gasteiger partial charge in [0.1, 0.15) is 0 Å². The molecule has 1 unspecified atom stereocenters. The van der Waals surface area contributed by atoms with Gasteiger partial charge in [0.15, 0.2) is 0 Å². The number of amides is 1. The molecule has 2 nitrogen and oxygen atoms in total. The molecule has 0 fully saturated rings. The zero-order valence-corrected chi connectivity index (χ0v) is 13.5. The summed E-state index contributed by atoms with van der Waals surface area (Å²) in [5, 5.41) is 3.19. The first-order valence-electron chi connectivity index (χ1n) is 8.11. The highest BCUT2D eigenvalue weighted by Gasteiger charge is 2.16. The summed E-state index contributed by atoms with van der Waals surface area (Å²) < 4.78 is 0. The van der Waals surface area contributed by atoms with E-state index in [0.29, 0.717) is 6.42 Å². The van der Waals surface area contributed by atoms with Gasteiger partial charge >= 0.3 is 0 Å². The van der Waals surface area contributed by atoms with Gasteiger partial charge in [-0.1, -0.05) is 79.9 Å². The Labute approximate surface area is 133 Å². The number of hydrogen-bond donors (Lipinski definition) is 1. The molecule has 1 N–H and O–H groups in total. The lowest BCUT2D eigenvalue weighted by molar-refractivity contribution is -0.121. The molecule has 0 aliphatic rings. The number of aryl methyl sites for hydroxylation is 1. The molecule has 0 radical (unpaired) electrons. The molecule has 2 rings (SSSR count). The van der Waals surface area contributed by atoms with Gasteiger partial charge in [0.2, 0.25) is 5.91 Å². The van der Waals surface area contributed by atoms with Crippen molar-refractivity contribution >= 4 is 5.91 Å². The van der Waals surface area contributed by atoms with Crippen molar-refractivity contribution in [1.29, 1.82) is 0 Å². The quantitative estimate of drug-likeness (QED) is 0.732. The summed E-state index contributed by atoms with van der Waals surface area (Å²) in [7, 11) is 0. The summed E-state index contributed by atoms with van der Waals surface area (Å²) in [4.78, 5) is 12.2. The summed E-state index contributed by atoms with van der Waals surface area (Å²) in [5.41, 5.74) is 3.47. The summed E-state index contributed by atoms with van der Waals surface area (Å²) in [6.45, 7) is 4.22. The maximum absolute atomic E-state index is 12.2. The Morgan fingerprint density at radius 1 is 0.955 bits per heavy atom. The van der Waals surface area contributed by atoms with E-state index in [1.54, 1.807) is 0 Å². The first-order valence-corrected chi connectivity index (χ1v) is 8.11. The maximum Gasteiger partial charge on any atom is 0.220 e. The summed E-state index contributed by atoms with van der Waals surface area (Å²) in [5.74, 6) is 0.128. The average Bonchev–Trinajstić information content (AvgIpc) is 2.55. The molecule has 0 aliphatic carbocycles. The van der Waals surface area contributed by atoms with Gasteiger partial charge in [-0.05, 0) is 24.5 Å². The van der Waals surface area contributed by atoms with Crippen LogP contribution in [0.5, 0.6) is 0 Å². The van der Waals surface area contributed by atoms with Gasteiger partial charge < -0.3 is 5.32 Å². The van der Waals surface area contributed by atoms with E-state index in [9.17, 15) is 4.79 Å². The molecule has 0 aliphatic heterocycles. The van der Waals surface area contributed by atoms with E-state index in [4.69, 9.17) is 0 Å². The largest absolute Gasteiger partial charge is 0.345 e. The van der Waals surface area contributed by atoms with Crippen LogP contribution in [-0.2, 0) is 4.79 Å². The minimum atomic E-state index is -0.0732. The lowest BCUT2D eigenvalue weighted by Gasteiger charge is -2.20. The van der Waals surface area contributed by atoms with Crippen LogP contribution in [0.3, 0.4) is 0 Å². The van der Waals surface area contributed by atoms with Crippen molar-refractivity contribution in [2.24, 2.45) is 0 Å². The fraction of sp³-hybridized carbons (Fsp3) is 0.350. The third-order valence-electron chi connectivity index (χ3n) is 3.86. The van der Waals surface area contributed by atoms with Crippen LogP contribution in [0.1, 0.15) is 55.3 Å². The molecular formula is C20H25NO. The first kappa shape index (κ1) is 16.3. The topological polar surface area (TPSA) is 29.1 Å². The zero-order chi connectivity index (χ0) is 15.8. The number of unbranched alkanes of at least 4 members (excludes halogenated alkanes) is 2. The van der Waals surface area contributed by atoms with Gasteiger partial charge in [-0.25, -0.2) is 0 Å². The molecule has 0 saturated carbocycles. The highest BCUT2D eigenvalue weighted by molar-refractivity contribution is 5.77. The second-order valence-corrected chi connectivity index (χ2v) is 5.78. The standard InChI is InChI=1S/C20H25NO/c1-3-4-6-11-19(22)21-20(17-9-7-5-8-10-17)18-14-12-16(2)13-15-18/h5,7-10,12-15,20H,3-4,6,11H2,1-2H3,(H,21,22). The number of rotatable bonds is 7. The van der Waals surface area contributed by atoms with Gasteiger partial charge in [0, 0.05) is 6.42 Å². The van der Waals surface area contributed by atoms with E-state index in [0.717, 1.165) is 30.4 Å². The molecular weight excluding hydrogens is 270 g/mol. The first-order chi connectivity index (χ1) is 10.7. The van der Waals surface area contributed by atoms with Gasteiger partial charge in [-0.3, -0.25) is 4.79 Å². The molecule has 1 atom stereocenters. The van der Waals surface area contributed by atoms with Crippen LogP contribution in [0.15, 0.2) is 54.6 Å². The van der Waals surface area contributed by atoms with Crippen molar-refractivity contribution in [2.75, 3.05) is 0 Å². The maximum atomic E-state index is 12.2. The van der Waals surface area contributed by atoms with Crippen LogP contribution in [0.4, 0.5) is 0 Å². The van der Waals surface area contributed by atoms with Crippen molar-refractivity contribution in [2.45, 2.75) is 45.6 Å². The van der Waals surface area contributed by atoms with E-state index in [1.807, 2.05) is 18.2 Å². The number of benzene rings is 2. The third-order valence-corrected chi connectivity index (χ3v) is 3.86. The fourth-order valence-electron chi connectivity index (χ4n) is 2.53. The minimum Gasteiger partial charge on any atom is -0.345 e. The number of hydrogen-bond acceptors (Lipinski definition) is 1. The van der Waals surface area contributed by atoms with E-state index in [1.165, 1.54) is 5.56 Å². The summed E-state index contributed by atoms with van der Waals surface area (Å²) >= 11 is 0. The van der Waals surface area contributed by atoms with Crippen LogP contribution >= 0.6 is 0 Å². The van der Waals surface area contributed by atoms with Crippen LogP contribution in [0.2, 0.25) is 0 Å². The lowest BCUT2D eigenvalue weighted by Crippen LogP contribution is -2.29. The van der Waals surface area contributed by atoms with E-state index in [2.05, 4.69) is 55.6 Å². The molecule has 0 aromatic heterocycles. The predicted molar refractivity (Wildman–Crippen MR) is 91.7 cm³/mol. The Bertz CT molecular complexity index is 574. The normalized spacial score (nSPS) is 11.9. The molecule has 0 spiro atoms. The van der Waals surface area contributed by atoms with Crippen molar-refractivity contribution in [1.82, 2.24) is 5.32 Å². The Morgan fingerprint density at radius 3 is 2.23 bits per heavy atom. The molecule has 116 valence electrons. The van der Waals surface area contributed by atoms with Gasteiger partial charge in [0.25, 0.3) is 0 Å². The highest BCUT2D eigenvalue weighted by Crippen LogP contribution is 2.22. The number of carbonyl (C=O) groups is 1. The Morgan fingerprint density at radius 2 is 1.59 bits per heavy atom. The second kappa shape index (κ2) is 8.38. The molecule has 0 heterocycles. The molecule has 2 heteroatoms. The van der Waals surface area contributed by atoms with Crippen molar-refractivity contribution in [3.05, 3.63) is 71.3 Å². The van der Waals surface area contributed by atoms with Gasteiger partial charge in [-0.2, -0.15) is 0 Å². The Hall–Kier alpha value is -2.09. The van der Waals surface area contributed by atoms with Crippen LogP contribution < -0.4 is 5.32 Å². The van der Waals surface area contributed by atoms with E-state index in [-0.39, 0.29) is 11.9 Å². The van der Waals surface area contributed by atoms with Crippen molar-refractivity contribution < 1.29 is 4.79 Å². The molecule has 1 amide bonds. The van der Waals surface area contributed by atoms with E-state index >= 15 is 0 Å². The van der Waals surface area contributed by atoms with Crippen molar-refractivity contribution in [3.8, 4) is 0 Å². The highest BCUT2D eigenvalue weighted by atomic mass is 16.1. The molecule has 2 aromatic carbocycles. The van der Waals surface area contributed by atoms with Crippen LogP contribution in [0.25, 0.3) is 0 Å². The predicted octanol–water partition coefficient (Wildman–Crippen LogP) is 4.78. The Balaban J connectivity index is 2.15. The molecule has 0 bridgehead atoms. The fourth-order valence-corrected chi connectivity index (χ4v) is 2.53. The van der Waals surface area contributed by atoms with Gasteiger partial charge in [0.05, 0.1) is 6.04 Å². The van der Waals surface area contributed by atoms with Crippen LogP contribution in [-0.4, -0.2) is 5.91 Å². The lowest BCUT2D eigenvalue weighted by atomic mass is 9.97. The summed E-state index contributed by atoms with van der Waals surface area (Å²) in [6, 6.07) is 18.5. The second-order valence-electron chi connectivity index (χ2n) is 5.78. The monoisotopic (exact) mass is 295 g/mol.